The van der Waals surface area contributed by atoms with Gasteiger partial charge in [-0.3, -0.25) is 10.1 Å². The molecule has 0 aromatic heterocycles. The Morgan fingerprint density at radius 1 is 1.20 bits per heavy atom. The Morgan fingerprint density at radius 3 is 2.65 bits per heavy atom. The van der Waals surface area contributed by atoms with Crippen LogP contribution in [0.1, 0.15) is 15.9 Å². The van der Waals surface area contributed by atoms with Gasteiger partial charge in [-0.15, -0.1) is 0 Å². The fourth-order valence-electron chi connectivity index (χ4n) is 1.61. The third-order valence-electron chi connectivity index (χ3n) is 2.59. The van der Waals surface area contributed by atoms with Gasteiger partial charge in [0, 0.05) is 15.7 Å². The summed E-state index contributed by atoms with van der Waals surface area (Å²) in [6.45, 7) is 0.00544. The maximum atomic E-state index is 11.9. The molecule has 6 heteroatoms. The summed E-state index contributed by atoms with van der Waals surface area (Å²) in [5.41, 5.74) is 1.05. The molecule has 20 heavy (non-hydrogen) atoms. The third kappa shape index (κ3) is 3.53. The summed E-state index contributed by atoms with van der Waals surface area (Å²) in [6, 6.07) is 13.1. The molecule has 0 fully saturated rings. The first-order valence-corrected chi connectivity index (χ1v) is 6.81. The molecule has 0 saturated carbocycles. The lowest BCUT2D eigenvalue weighted by Gasteiger charge is -2.06. The van der Waals surface area contributed by atoms with Gasteiger partial charge in [0.25, 0.3) is 5.69 Å². The van der Waals surface area contributed by atoms with Crippen molar-refractivity contribution in [3.8, 4) is 0 Å². The number of esters is 1. The summed E-state index contributed by atoms with van der Waals surface area (Å²) >= 11 is 2.05. The molecule has 0 saturated heterocycles. The normalized spacial score (nSPS) is 10.1. The Balaban J connectivity index is 2.06. The second-order valence-electron chi connectivity index (χ2n) is 3.98. The topological polar surface area (TPSA) is 69.4 Å². The highest BCUT2D eigenvalue weighted by atomic mass is 127. The predicted molar refractivity (Wildman–Crippen MR) is 81.4 cm³/mol. The average Bonchev–Trinajstić information content (AvgIpc) is 2.45. The van der Waals surface area contributed by atoms with Gasteiger partial charge in [0.1, 0.15) is 6.61 Å². The van der Waals surface area contributed by atoms with Crippen LogP contribution in [0.25, 0.3) is 0 Å². The number of nitrogens with zero attached hydrogens (tertiary/aromatic N) is 1. The van der Waals surface area contributed by atoms with Crippen molar-refractivity contribution in [3.05, 3.63) is 73.3 Å². The molecule has 102 valence electrons. The van der Waals surface area contributed by atoms with Crippen molar-refractivity contribution in [2.75, 3.05) is 0 Å². The van der Waals surface area contributed by atoms with E-state index in [-0.39, 0.29) is 12.3 Å². The van der Waals surface area contributed by atoms with Gasteiger partial charge in [-0.05, 0) is 40.3 Å². The fraction of sp³-hybridized carbons (Fsp3) is 0.0714. The van der Waals surface area contributed by atoms with E-state index in [0.717, 1.165) is 3.57 Å². The maximum absolute atomic E-state index is 11.9. The standard InChI is InChI=1S/C14H10INO4/c15-13-7-2-1-6-12(13)14(17)20-9-10-4-3-5-11(8-10)16(18)19/h1-8H,9H2. The molecule has 2 rings (SSSR count). The van der Waals surface area contributed by atoms with Crippen molar-refractivity contribution in [1.82, 2.24) is 0 Å². The molecule has 0 aliphatic rings. The van der Waals surface area contributed by atoms with Crippen LogP contribution in [-0.4, -0.2) is 10.9 Å². The number of benzene rings is 2. The minimum atomic E-state index is -0.481. The number of non-ortho nitro benzene ring substituents is 1. The summed E-state index contributed by atoms with van der Waals surface area (Å²) in [6.07, 6.45) is 0. The van der Waals surface area contributed by atoms with E-state index in [1.165, 1.54) is 12.1 Å². The first-order valence-electron chi connectivity index (χ1n) is 5.73. The highest BCUT2D eigenvalue weighted by molar-refractivity contribution is 14.1. The van der Waals surface area contributed by atoms with Crippen LogP contribution in [0.4, 0.5) is 5.69 Å². The molecule has 0 heterocycles. The maximum Gasteiger partial charge on any atom is 0.339 e. The summed E-state index contributed by atoms with van der Waals surface area (Å²) in [4.78, 5) is 22.1. The smallest absolute Gasteiger partial charge is 0.339 e. The van der Waals surface area contributed by atoms with Gasteiger partial charge in [-0.2, -0.15) is 0 Å². The molecule has 0 amide bonds. The monoisotopic (exact) mass is 383 g/mol. The van der Waals surface area contributed by atoms with Gasteiger partial charge < -0.3 is 4.74 Å². The van der Waals surface area contributed by atoms with E-state index in [0.29, 0.717) is 11.1 Å². The number of nitro groups is 1. The number of ether oxygens (including phenoxy) is 1. The molecule has 0 bridgehead atoms. The third-order valence-corrected chi connectivity index (χ3v) is 3.53. The number of carbonyl (C=O) groups is 1. The summed E-state index contributed by atoms with van der Waals surface area (Å²) in [5.74, 6) is -0.443. The Bertz CT molecular complexity index is 657. The summed E-state index contributed by atoms with van der Waals surface area (Å²) in [5, 5.41) is 10.7. The molecule has 0 spiro atoms. The Labute approximate surface area is 128 Å². The SMILES string of the molecule is O=C(OCc1cccc([N+](=O)[O-])c1)c1ccccc1I. The minimum Gasteiger partial charge on any atom is -0.457 e. The molecule has 0 unspecified atom stereocenters. The van der Waals surface area contributed by atoms with E-state index in [4.69, 9.17) is 4.74 Å². The first-order chi connectivity index (χ1) is 9.58. The van der Waals surface area contributed by atoms with Crippen LogP contribution in [0.2, 0.25) is 0 Å². The average molecular weight is 383 g/mol. The van der Waals surface area contributed by atoms with E-state index >= 15 is 0 Å². The Kier molecular flexibility index (Phi) is 4.67. The van der Waals surface area contributed by atoms with E-state index in [1.807, 2.05) is 12.1 Å². The van der Waals surface area contributed by atoms with Crippen molar-refractivity contribution >= 4 is 34.2 Å². The van der Waals surface area contributed by atoms with Crippen molar-refractivity contribution in [2.45, 2.75) is 6.61 Å². The van der Waals surface area contributed by atoms with Crippen LogP contribution in [0.3, 0.4) is 0 Å². The van der Waals surface area contributed by atoms with E-state index in [1.54, 1.807) is 24.3 Å². The second kappa shape index (κ2) is 6.47. The summed E-state index contributed by atoms with van der Waals surface area (Å²) < 4.78 is 5.96. The van der Waals surface area contributed by atoms with Gasteiger partial charge in [-0.1, -0.05) is 24.3 Å². The summed E-state index contributed by atoms with van der Waals surface area (Å²) in [7, 11) is 0. The fourth-order valence-corrected chi connectivity index (χ4v) is 2.22. The number of carbonyl (C=O) groups excluding carboxylic acids is 1. The molecule has 0 N–H and O–H groups in total. The van der Waals surface area contributed by atoms with Crippen molar-refractivity contribution in [3.63, 3.8) is 0 Å². The van der Waals surface area contributed by atoms with Crippen molar-refractivity contribution in [2.24, 2.45) is 0 Å². The van der Waals surface area contributed by atoms with Crippen LogP contribution in [-0.2, 0) is 11.3 Å². The molecule has 0 aliphatic heterocycles. The lowest BCUT2D eigenvalue weighted by molar-refractivity contribution is -0.384. The van der Waals surface area contributed by atoms with E-state index in [2.05, 4.69) is 22.6 Å². The Hall–Kier alpha value is -1.96. The lowest BCUT2D eigenvalue weighted by atomic mass is 10.2. The molecule has 0 atom stereocenters. The van der Waals surface area contributed by atoms with Crippen LogP contribution in [0.5, 0.6) is 0 Å². The van der Waals surface area contributed by atoms with Gasteiger partial charge in [0.2, 0.25) is 0 Å². The lowest BCUT2D eigenvalue weighted by Crippen LogP contribution is -2.07. The molecule has 2 aromatic carbocycles. The molecular formula is C14H10INO4. The van der Waals surface area contributed by atoms with Crippen LogP contribution in [0.15, 0.2) is 48.5 Å². The van der Waals surface area contributed by atoms with Crippen molar-refractivity contribution in [1.29, 1.82) is 0 Å². The zero-order valence-corrected chi connectivity index (χ0v) is 12.4. The van der Waals surface area contributed by atoms with Gasteiger partial charge in [0.15, 0.2) is 0 Å². The Morgan fingerprint density at radius 2 is 1.95 bits per heavy atom. The highest BCUT2D eigenvalue weighted by Gasteiger charge is 2.12. The zero-order valence-electron chi connectivity index (χ0n) is 10.3. The molecule has 0 aliphatic carbocycles. The second-order valence-corrected chi connectivity index (χ2v) is 5.15. The van der Waals surface area contributed by atoms with Gasteiger partial charge in [0.05, 0.1) is 10.5 Å². The zero-order chi connectivity index (χ0) is 14.5. The number of halogens is 1. The van der Waals surface area contributed by atoms with Crippen LogP contribution < -0.4 is 0 Å². The number of hydrogen-bond donors (Lipinski definition) is 0. The first kappa shape index (κ1) is 14.4. The minimum absolute atomic E-state index is 0.00544. The van der Waals surface area contributed by atoms with E-state index < -0.39 is 10.9 Å². The number of rotatable bonds is 4. The molecular weight excluding hydrogens is 373 g/mol. The van der Waals surface area contributed by atoms with Gasteiger partial charge in [-0.25, -0.2) is 4.79 Å². The number of hydrogen-bond acceptors (Lipinski definition) is 4. The van der Waals surface area contributed by atoms with Crippen LogP contribution in [0, 0.1) is 13.7 Å². The van der Waals surface area contributed by atoms with Gasteiger partial charge >= 0.3 is 5.97 Å². The molecule has 2 aromatic rings. The largest absolute Gasteiger partial charge is 0.457 e. The highest BCUT2D eigenvalue weighted by Crippen LogP contribution is 2.16. The van der Waals surface area contributed by atoms with Crippen molar-refractivity contribution < 1.29 is 14.5 Å². The molecule has 0 radical (unpaired) electrons. The van der Waals surface area contributed by atoms with E-state index in [9.17, 15) is 14.9 Å². The quantitative estimate of drug-likeness (QED) is 0.351. The molecule has 5 nitrogen and oxygen atoms in total. The van der Waals surface area contributed by atoms with Crippen LogP contribution >= 0.6 is 22.6 Å². The number of nitro benzene ring substituents is 1. The predicted octanol–water partition coefficient (Wildman–Crippen LogP) is 3.56.